The Morgan fingerprint density at radius 3 is 2.69 bits per heavy atom. The summed E-state index contributed by atoms with van der Waals surface area (Å²) in [5, 5.41) is 9.98. The van der Waals surface area contributed by atoms with E-state index in [1.165, 1.54) is 12.1 Å². The molecule has 0 fully saturated rings. The predicted octanol–water partition coefficient (Wildman–Crippen LogP) is 3.50. The van der Waals surface area contributed by atoms with Gasteiger partial charge >= 0.3 is 0 Å². The highest BCUT2D eigenvalue weighted by Crippen LogP contribution is 2.31. The molecule has 0 saturated carbocycles. The topological polar surface area (TPSA) is 20.2 Å². The van der Waals surface area contributed by atoms with E-state index in [2.05, 4.69) is 0 Å². The molecule has 1 unspecified atom stereocenters. The molecule has 0 radical (unpaired) electrons. The Morgan fingerprint density at radius 2 is 2.00 bits per heavy atom. The molecule has 1 aromatic carbocycles. The van der Waals surface area contributed by atoms with Crippen molar-refractivity contribution in [2.24, 2.45) is 0 Å². The second kappa shape index (κ2) is 4.74. The van der Waals surface area contributed by atoms with Crippen LogP contribution in [0, 0.1) is 11.6 Å². The minimum atomic E-state index is -1.00. The summed E-state index contributed by atoms with van der Waals surface area (Å²) in [6, 6.07) is 3.90. The summed E-state index contributed by atoms with van der Waals surface area (Å²) in [4.78, 5) is 0. The lowest BCUT2D eigenvalue weighted by molar-refractivity contribution is 0.201. The van der Waals surface area contributed by atoms with Gasteiger partial charge in [0.05, 0.1) is 0 Å². The maximum absolute atomic E-state index is 13.4. The van der Waals surface area contributed by atoms with Crippen molar-refractivity contribution in [1.82, 2.24) is 0 Å². The van der Waals surface area contributed by atoms with Gasteiger partial charge in [-0.15, -0.1) is 0 Å². The zero-order valence-corrected chi connectivity index (χ0v) is 8.92. The molecule has 86 valence electrons. The van der Waals surface area contributed by atoms with Crippen LogP contribution in [0.15, 0.2) is 29.8 Å². The van der Waals surface area contributed by atoms with Crippen molar-refractivity contribution >= 4 is 0 Å². The summed E-state index contributed by atoms with van der Waals surface area (Å²) in [5.41, 5.74) is 0.837. The Hall–Kier alpha value is -1.22. The summed E-state index contributed by atoms with van der Waals surface area (Å²) < 4.78 is 26.4. The summed E-state index contributed by atoms with van der Waals surface area (Å²) in [6.45, 7) is 0. The van der Waals surface area contributed by atoms with E-state index < -0.39 is 17.7 Å². The molecule has 0 aromatic heterocycles. The van der Waals surface area contributed by atoms with Crippen LogP contribution in [0.3, 0.4) is 0 Å². The highest BCUT2D eigenvalue weighted by molar-refractivity contribution is 5.28. The standard InChI is InChI=1S/C13H14F2O/c14-11-8-4-7-10(12(11)15)13(16)9-5-2-1-3-6-9/h4-5,7-8,13,16H,1-3,6H2. The lowest BCUT2D eigenvalue weighted by Crippen LogP contribution is -2.07. The van der Waals surface area contributed by atoms with Crippen molar-refractivity contribution in [3.8, 4) is 0 Å². The number of aliphatic hydroxyl groups is 1. The molecule has 1 atom stereocenters. The van der Waals surface area contributed by atoms with Crippen LogP contribution in [-0.2, 0) is 0 Å². The molecule has 3 heteroatoms. The van der Waals surface area contributed by atoms with Gasteiger partial charge in [-0.2, -0.15) is 0 Å². The van der Waals surface area contributed by atoms with E-state index >= 15 is 0 Å². The number of halogens is 2. The summed E-state index contributed by atoms with van der Waals surface area (Å²) in [6.07, 6.45) is 4.69. The molecule has 1 aliphatic carbocycles. The molecule has 0 spiro atoms. The Morgan fingerprint density at radius 1 is 1.19 bits per heavy atom. The van der Waals surface area contributed by atoms with Crippen LogP contribution >= 0.6 is 0 Å². The second-order valence-electron chi connectivity index (χ2n) is 4.07. The Balaban J connectivity index is 2.29. The maximum Gasteiger partial charge on any atom is 0.164 e. The van der Waals surface area contributed by atoms with Crippen LogP contribution in [0.5, 0.6) is 0 Å². The summed E-state index contributed by atoms with van der Waals surface area (Å²) in [7, 11) is 0. The first-order valence-corrected chi connectivity index (χ1v) is 5.51. The number of hydrogen-bond acceptors (Lipinski definition) is 1. The van der Waals surface area contributed by atoms with Crippen LogP contribution in [0.2, 0.25) is 0 Å². The van der Waals surface area contributed by atoms with Crippen LogP contribution in [0.4, 0.5) is 8.78 Å². The van der Waals surface area contributed by atoms with Gasteiger partial charge in [-0.1, -0.05) is 18.2 Å². The molecule has 1 N–H and O–H groups in total. The molecule has 16 heavy (non-hydrogen) atoms. The highest BCUT2D eigenvalue weighted by atomic mass is 19.2. The largest absolute Gasteiger partial charge is 0.384 e. The van der Waals surface area contributed by atoms with Crippen LogP contribution in [-0.4, -0.2) is 5.11 Å². The van der Waals surface area contributed by atoms with Gasteiger partial charge in [-0.3, -0.25) is 0 Å². The first-order valence-electron chi connectivity index (χ1n) is 5.51. The van der Waals surface area contributed by atoms with Crippen LogP contribution in [0.25, 0.3) is 0 Å². The van der Waals surface area contributed by atoms with E-state index in [1.807, 2.05) is 6.08 Å². The fourth-order valence-corrected chi connectivity index (χ4v) is 2.04. The first kappa shape index (κ1) is 11.3. The average molecular weight is 224 g/mol. The van der Waals surface area contributed by atoms with Gasteiger partial charge in [0.2, 0.25) is 0 Å². The third-order valence-electron chi connectivity index (χ3n) is 2.95. The van der Waals surface area contributed by atoms with Crippen molar-refractivity contribution in [1.29, 1.82) is 0 Å². The zero-order chi connectivity index (χ0) is 11.5. The normalized spacial score (nSPS) is 18.1. The molecular weight excluding hydrogens is 210 g/mol. The molecule has 2 rings (SSSR count). The fourth-order valence-electron chi connectivity index (χ4n) is 2.04. The predicted molar refractivity (Wildman–Crippen MR) is 57.9 cm³/mol. The van der Waals surface area contributed by atoms with Gasteiger partial charge in [-0.05, 0) is 37.3 Å². The summed E-state index contributed by atoms with van der Waals surface area (Å²) in [5.74, 6) is -1.85. The van der Waals surface area contributed by atoms with E-state index in [0.29, 0.717) is 0 Å². The second-order valence-corrected chi connectivity index (χ2v) is 4.07. The SMILES string of the molecule is OC(C1=CCCCC1)c1cccc(F)c1F. The molecule has 0 saturated heterocycles. The number of rotatable bonds is 2. The molecule has 0 amide bonds. The summed E-state index contributed by atoms with van der Waals surface area (Å²) >= 11 is 0. The molecule has 1 aliphatic rings. The monoisotopic (exact) mass is 224 g/mol. The minimum Gasteiger partial charge on any atom is -0.384 e. The van der Waals surface area contributed by atoms with E-state index in [1.54, 1.807) is 0 Å². The number of hydrogen-bond donors (Lipinski definition) is 1. The molecule has 1 aromatic rings. The van der Waals surface area contributed by atoms with Gasteiger partial charge in [-0.25, -0.2) is 8.78 Å². The van der Waals surface area contributed by atoms with E-state index in [9.17, 15) is 13.9 Å². The number of aliphatic hydroxyl groups excluding tert-OH is 1. The highest BCUT2D eigenvalue weighted by Gasteiger charge is 2.20. The van der Waals surface area contributed by atoms with Crippen LogP contribution in [0.1, 0.15) is 37.4 Å². The van der Waals surface area contributed by atoms with Gasteiger partial charge in [0.1, 0.15) is 6.10 Å². The molecule has 0 heterocycles. The van der Waals surface area contributed by atoms with Crippen molar-refractivity contribution < 1.29 is 13.9 Å². The van der Waals surface area contributed by atoms with Gasteiger partial charge in [0.15, 0.2) is 11.6 Å². The smallest absolute Gasteiger partial charge is 0.164 e. The average Bonchev–Trinajstić information content (AvgIpc) is 2.33. The van der Waals surface area contributed by atoms with Gasteiger partial charge < -0.3 is 5.11 Å². The molecule has 0 bridgehead atoms. The lowest BCUT2D eigenvalue weighted by atomic mass is 9.91. The molecular formula is C13H14F2O. The van der Waals surface area contributed by atoms with Crippen molar-refractivity contribution in [3.63, 3.8) is 0 Å². The Labute approximate surface area is 93.4 Å². The Kier molecular flexibility index (Phi) is 3.34. The zero-order valence-electron chi connectivity index (χ0n) is 8.92. The number of allylic oxidation sites excluding steroid dienone is 1. The minimum absolute atomic E-state index is 0.0353. The van der Waals surface area contributed by atoms with E-state index in [-0.39, 0.29) is 5.56 Å². The lowest BCUT2D eigenvalue weighted by Gasteiger charge is -2.19. The third-order valence-corrected chi connectivity index (χ3v) is 2.95. The van der Waals surface area contributed by atoms with Crippen molar-refractivity contribution in [3.05, 3.63) is 47.0 Å². The van der Waals surface area contributed by atoms with E-state index in [4.69, 9.17) is 0 Å². The first-order chi connectivity index (χ1) is 7.70. The number of benzene rings is 1. The van der Waals surface area contributed by atoms with Crippen LogP contribution < -0.4 is 0 Å². The van der Waals surface area contributed by atoms with Crippen molar-refractivity contribution in [2.75, 3.05) is 0 Å². The molecule has 1 nitrogen and oxygen atoms in total. The maximum atomic E-state index is 13.4. The third kappa shape index (κ3) is 2.14. The molecule has 0 aliphatic heterocycles. The van der Waals surface area contributed by atoms with E-state index in [0.717, 1.165) is 37.3 Å². The van der Waals surface area contributed by atoms with Gasteiger partial charge in [0.25, 0.3) is 0 Å². The van der Waals surface area contributed by atoms with Gasteiger partial charge in [0, 0.05) is 5.56 Å². The van der Waals surface area contributed by atoms with Crippen molar-refractivity contribution in [2.45, 2.75) is 31.8 Å². The fraction of sp³-hybridized carbons (Fsp3) is 0.385. The quantitative estimate of drug-likeness (QED) is 0.762. The Bertz CT molecular complexity index is 412.